The van der Waals surface area contributed by atoms with Crippen molar-refractivity contribution in [2.24, 2.45) is 4.99 Å². The SMILES string of the molecule is CCCOc1cc(C)ccc1CNC(=NC)NCc1ncc(C(C)(C)C)o1. The van der Waals surface area contributed by atoms with Gasteiger partial charge in [0.25, 0.3) is 0 Å². The minimum Gasteiger partial charge on any atom is -0.493 e. The van der Waals surface area contributed by atoms with E-state index in [1.54, 1.807) is 13.2 Å². The summed E-state index contributed by atoms with van der Waals surface area (Å²) >= 11 is 0. The fourth-order valence-corrected chi connectivity index (χ4v) is 2.45. The van der Waals surface area contributed by atoms with Crippen molar-refractivity contribution in [3.8, 4) is 5.75 Å². The number of hydrogen-bond donors (Lipinski definition) is 2. The third kappa shape index (κ3) is 6.31. The molecular weight excluding hydrogens is 340 g/mol. The predicted molar refractivity (Wildman–Crippen MR) is 109 cm³/mol. The molecule has 0 atom stereocenters. The fourth-order valence-electron chi connectivity index (χ4n) is 2.45. The van der Waals surface area contributed by atoms with Gasteiger partial charge in [-0.05, 0) is 25.0 Å². The van der Waals surface area contributed by atoms with Gasteiger partial charge < -0.3 is 19.8 Å². The number of aryl methyl sites for hydroxylation is 1. The molecule has 2 N–H and O–H groups in total. The summed E-state index contributed by atoms with van der Waals surface area (Å²) in [5, 5.41) is 6.56. The van der Waals surface area contributed by atoms with Crippen molar-refractivity contribution in [2.75, 3.05) is 13.7 Å². The molecule has 0 radical (unpaired) electrons. The minimum absolute atomic E-state index is 0.0501. The monoisotopic (exact) mass is 372 g/mol. The second-order valence-electron chi connectivity index (χ2n) is 7.61. The van der Waals surface area contributed by atoms with E-state index in [0.29, 0.717) is 31.5 Å². The highest BCUT2D eigenvalue weighted by Crippen LogP contribution is 2.22. The Morgan fingerprint density at radius 1 is 1.22 bits per heavy atom. The van der Waals surface area contributed by atoms with E-state index < -0.39 is 0 Å². The highest BCUT2D eigenvalue weighted by Gasteiger charge is 2.19. The van der Waals surface area contributed by atoms with Crippen LogP contribution in [0.25, 0.3) is 0 Å². The molecule has 0 spiro atoms. The Kier molecular flexibility index (Phi) is 7.28. The van der Waals surface area contributed by atoms with Gasteiger partial charge in [-0.3, -0.25) is 4.99 Å². The first-order valence-electron chi connectivity index (χ1n) is 9.45. The predicted octanol–water partition coefficient (Wildman–Crippen LogP) is 3.93. The van der Waals surface area contributed by atoms with E-state index in [0.717, 1.165) is 23.5 Å². The van der Waals surface area contributed by atoms with Crippen molar-refractivity contribution in [1.82, 2.24) is 15.6 Å². The van der Waals surface area contributed by atoms with E-state index >= 15 is 0 Å². The molecule has 2 rings (SSSR count). The maximum absolute atomic E-state index is 5.87. The lowest BCUT2D eigenvalue weighted by Gasteiger charge is -2.15. The molecule has 0 amide bonds. The van der Waals surface area contributed by atoms with Crippen LogP contribution in [0.3, 0.4) is 0 Å². The summed E-state index contributed by atoms with van der Waals surface area (Å²) in [7, 11) is 1.75. The van der Waals surface area contributed by atoms with Crippen LogP contribution in [-0.2, 0) is 18.5 Å². The number of aliphatic imine (C=N–C) groups is 1. The third-order valence-electron chi connectivity index (χ3n) is 4.05. The average Bonchev–Trinajstić information content (AvgIpc) is 3.10. The van der Waals surface area contributed by atoms with E-state index in [-0.39, 0.29) is 5.41 Å². The summed E-state index contributed by atoms with van der Waals surface area (Å²) in [6.45, 7) is 12.3. The number of rotatable bonds is 7. The van der Waals surface area contributed by atoms with Crippen molar-refractivity contribution >= 4 is 5.96 Å². The zero-order chi connectivity index (χ0) is 19.9. The van der Waals surface area contributed by atoms with Gasteiger partial charge in [-0.2, -0.15) is 0 Å². The molecule has 1 heterocycles. The Morgan fingerprint density at radius 3 is 2.59 bits per heavy atom. The standard InChI is InChI=1S/C21H32N4O2/c1-7-10-26-17-11-15(2)8-9-16(17)12-24-20(22-6)25-14-19-23-13-18(27-19)21(3,4)5/h8-9,11,13H,7,10,12,14H2,1-6H3,(H2,22,24,25). The topological polar surface area (TPSA) is 71.7 Å². The molecule has 27 heavy (non-hydrogen) atoms. The quantitative estimate of drug-likeness (QED) is 0.569. The largest absolute Gasteiger partial charge is 0.493 e. The fraction of sp³-hybridized carbons (Fsp3) is 0.524. The molecule has 148 valence electrons. The molecule has 1 aromatic carbocycles. The van der Waals surface area contributed by atoms with Gasteiger partial charge in [-0.1, -0.05) is 39.8 Å². The van der Waals surface area contributed by atoms with E-state index in [1.807, 2.05) is 0 Å². The Balaban J connectivity index is 1.93. The van der Waals surface area contributed by atoms with Gasteiger partial charge in [0.2, 0.25) is 5.89 Å². The summed E-state index contributed by atoms with van der Waals surface area (Å²) in [6, 6.07) is 6.25. The smallest absolute Gasteiger partial charge is 0.213 e. The molecule has 0 aliphatic carbocycles. The first-order chi connectivity index (χ1) is 12.8. The zero-order valence-electron chi connectivity index (χ0n) is 17.3. The van der Waals surface area contributed by atoms with Crippen molar-refractivity contribution in [2.45, 2.75) is 59.5 Å². The Hall–Kier alpha value is -2.50. The maximum atomic E-state index is 5.87. The van der Waals surface area contributed by atoms with Crippen LogP contribution >= 0.6 is 0 Å². The molecule has 0 bridgehead atoms. The van der Waals surface area contributed by atoms with Gasteiger partial charge in [0, 0.05) is 24.6 Å². The lowest BCUT2D eigenvalue weighted by Crippen LogP contribution is -2.36. The van der Waals surface area contributed by atoms with Crippen molar-refractivity contribution < 1.29 is 9.15 Å². The molecular formula is C21H32N4O2. The van der Waals surface area contributed by atoms with Crippen LogP contribution in [0.1, 0.15) is 56.9 Å². The molecule has 6 heteroatoms. The highest BCUT2D eigenvalue weighted by atomic mass is 16.5. The minimum atomic E-state index is -0.0501. The number of guanidine groups is 1. The number of nitrogens with zero attached hydrogens (tertiary/aromatic N) is 2. The van der Waals surface area contributed by atoms with E-state index in [4.69, 9.17) is 9.15 Å². The van der Waals surface area contributed by atoms with Gasteiger partial charge in [-0.15, -0.1) is 0 Å². The second kappa shape index (κ2) is 9.44. The van der Waals surface area contributed by atoms with Crippen molar-refractivity contribution in [3.05, 3.63) is 47.2 Å². The zero-order valence-corrected chi connectivity index (χ0v) is 17.3. The van der Waals surface area contributed by atoms with Crippen LogP contribution in [-0.4, -0.2) is 24.6 Å². The molecule has 0 saturated carbocycles. The summed E-state index contributed by atoms with van der Waals surface area (Å²) < 4.78 is 11.7. The number of nitrogens with one attached hydrogen (secondary N) is 2. The highest BCUT2D eigenvalue weighted by molar-refractivity contribution is 5.79. The third-order valence-corrected chi connectivity index (χ3v) is 4.05. The summed E-state index contributed by atoms with van der Waals surface area (Å²) in [6.07, 6.45) is 2.77. The lowest BCUT2D eigenvalue weighted by atomic mass is 9.94. The Bertz CT molecular complexity index is 760. The van der Waals surface area contributed by atoms with Crippen LogP contribution in [0, 0.1) is 6.92 Å². The first kappa shape index (κ1) is 20.8. The normalized spacial score (nSPS) is 12.1. The van der Waals surface area contributed by atoms with Gasteiger partial charge in [0.1, 0.15) is 11.5 Å². The molecule has 6 nitrogen and oxygen atoms in total. The average molecular weight is 373 g/mol. The summed E-state index contributed by atoms with van der Waals surface area (Å²) in [5.41, 5.74) is 2.24. The number of aromatic nitrogens is 1. The molecule has 1 aromatic heterocycles. The molecule has 0 fully saturated rings. The summed E-state index contributed by atoms with van der Waals surface area (Å²) in [5.74, 6) is 3.12. The molecule has 0 aliphatic rings. The van der Waals surface area contributed by atoms with Gasteiger partial charge in [0.15, 0.2) is 5.96 Å². The molecule has 0 saturated heterocycles. The molecule has 0 aliphatic heterocycles. The van der Waals surface area contributed by atoms with Gasteiger partial charge in [-0.25, -0.2) is 4.98 Å². The van der Waals surface area contributed by atoms with Crippen molar-refractivity contribution in [1.29, 1.82) is 0 Å². The maximum Gasteiger partial charge on any atom is 0.213 e. The van der Waals surface area contributed by atoms with Gasteiger partial charge in [0.05, 0.1) is 19.3 Å². The van der Waals surface area contributed by atoms with Crippen LogP contribution in [0.4, 0.5) is 0 Å². The van der Waals surface area contributed by atoms with Crippen molar-refractivity contribution in [3.63, 3.8) is 0 Å². The van der Waals surface area contributed by atoms with E-state index in [2.05, 4.69) is 73.4 Å². The van der Waals surface area contributed by atoms with E-state index in [9.17, 15) is 0 Å². The van der Waals surface area contributed by atoms with Gasteiger partial charge >= 0.3 is 0 Å². The van der Waals surface area contributed by atoms with Crippen LogP contribution in [0.2, 0.25) is 0 Å². The Labute approximate surface area is 162 Å². The number of oxazole rings is 1. The summed E-state index contributed by atoms with van der Waals surface area (Å²) in [4.78, 5) is 8.60. The lowest BCUT2D eigenvalue weighted by molar-refractivity contribution is 0.313. The molecule has 2 aromatic rings. The molecule has 0 unspecified atom stereocenters. The second-order valence-corrected chi connectivity index (χ2v) is 7.61. The van der Waals surface area contributed by atoms with E-state index in [1.165, 1.54) is 5.56 Å². The Morgan fingerprint density at radius 2 is 1.96 bits per heavy atom. The first-order valence-corrected chi connectivity index (χ1v) is 9.45. The number of benzene rings is 1. The van der Waals surface area contributed by atoms with Crippen LogP contribution < -0.4 is 15.4 Å². The number of ether oxygens (including phenoxy) is 1. The van der Waals surface area contributed by atoms with Crippen LogP contribution in [0.15, 0.2) is 33.8 Å². The number of hydrogen-bond acceptors (Lipinski definition) is 4. The van der Waals surface area contributed by atoms with Crippen LogP contribution in [0.5, 0.6) is 5.75 Å².